The van der Waals surface area contributed by atoms with E-state index in [9.17, 15) is 5.11 Å². The Labute approximate surface area is 113 Å². The first-order valence-electron chi connectivity index (χ1n) is 6.27. The quantitative estimate of drug-likeness (QED) is 0.882. The smallest absolute Gasteiger partial charge is 0.132 e. The normalized spacial score (nSPS) is 20.1. The van der Waals surface area contributed by atoms with Gasteiger partial charge in [0.2, 0.25) is 0 Å². The van der Waals surface area contributed by atoms with E-state index in [-0.39, 0.29) is 5.92 Å². The fraction of sp³-hybridized carbons (Fsp3) is 0.571. The molecule has 0 radical (unpaired) electrons. The van der Waals surface area contributed by atoms with Gasteiger partial charge in [-0.15, -0.1) is 0 Å². The third-order valence-electron chi connectivity index (χ3n) is 3.46. The molecular formula is C14H20O5. The van der Waals surface area contributed by atoms with Crippen LogP contribution in [-0.4, -0.2) is 39.6 Å². The van der Waals surface area contributed by atoms with Crippen LogP contribution in [0.1, 0.15) is 18.1 Å². The monoisotopic (exact) mass is 268 g/mol. The Morgan fingerprint density at radius 3 is 2.21 bits per heavy atom. The maximum absolute atomic E-state index is 10.5. The van der Waals surface area contributed by atoms with Gasteiger partial charge in [0.1, 0.15) is 17.2 Å². The molecule has 1 aliphatic rings. The number of benzene rings is 1. The van der Waals surface area contributed by atoms with E-state index in [4.69, 9.17) is 18.9 Å². The summed E-state index contributed by atoms with van der Waals surface area (Å²) in [5.74, 6) is 1.83. The third kappa shape index (κ3) is 2.77. The lowest BCUT2D eigenvalue weighted by Crippen LogP contribution is -2.14. The molecule has 0 amide bonds. The van der Waals surface area contributed by atoms with Gasteiger partial charge in [0.25, 0.3) is 0 Å². The highest BCUT2D eigenvalue weighted by Gasteiger charge is 2.30. The molecule has 1 aliphatic heterocycles. The molecule has 0 saturated carbocycles. The molecule has 2 rings (SSSR count). The van der Waals surface area contributed by atoms with E-state index < -0.39 is 6.10 Å². The highest BCUT2D eigenvalue weighted by molar-refractivity contribution is 5.52. The molecule has 0 bridgehead atoms. The number of aliphatic hydroxyl groups excluding tert-OH is 1. The van der Waals surface area contributed by atoms with Crippen molar-refractivity contribution < 1.29 is 24.1 Å². The summed E-state index contributed by atoms with van der Waals surface area (Å²) in [6.07, 6.45) is 0.165. The molecule has 1 aromatic carbocycles. The van der Waals surface area contributed by atoms with E-state index >= 15 is 0 Å². The van der Waals surface area contributed by atoms with E-state index in [1.165, 1.54) is 0 Å². The van der Waals surface area contributed by atoms with Gasteiger partial charge in [-0.1, -0.05) is 0 Å². The second-order valence-corrected chi connectivity index (χ2v) is 4.51. The van der Waals surface area contributed by atoms with Crippen molar-refractivity contribution in [2.75, 3.05) is 34.5 Å². The van der Waals surface area contributed by atoms with Crippen LogP contribution in [0.5, 0.6) is 17.2 Å². The van der Waals surface area contributed by atoms with Crippen LogP contribution in [-0.2, 0) is 4.74 Å². The first-order valence-corrected chi connectivity index (χ1v) is 6.27. The highest BCUT2D eigenvalue weighted by atomic mass is 16.5. The molecule has 106 valence electrons. The maximum atomic E-state index is 10.5. The predicted octanol–water partition coefficient (Wildman–Crippen LogP) is 1.78. The van der Waals surface area contributed by atoms with Gasteiger partial charge in [-0.25, -0.2) is 0 Å². The zero-order valence-electron chi connectivity index (χ0n) is 11.5. The van der Waals surface area contributed by atoms with Crippen molar-refractivity contribution in [2.24, 2.45) is 5.92 Å². The third-order valence-corrected chi connectivity index (χ3v) is 3.46. The summed E-state index contributed by atoms with van der Waals surface area (Å²) >= 11 is 0. The molecule has 0 aliphatic carbocycles. The molecule has 2 atom stereocenters. The second kappa shape index (κ2) is 6.12. The van der Waals surface area contributed by atoms with E-state index in [0.29, 0.717) is 36.0 Å². The Morgan fingerprint density at radius 1 is 1.16 bits per heavy atom. The lowest BCUT2D eigenvalue weighted by molar-refractivity contribution is 0.0873. The van der Waals surface area contributed by atoms with Crippen LogP contribution in [0.15, 0.2) is 12.1 Å². The van der Waals surface area contributed by atoms with Gasteiger partial charge in [0, 0.05) is 24.7 Å². The lowest BCUT2D eigenvalue weighted by Gasteiger charge is -2.22. The van der Waals surface area contributed by atoms with Crippen molar-refractivity contribution in [2.45, 2.75) is 12.5 Å². The molecule has 1 saturated heterocycles. The minimum absolute atomic E-state index is 0.0659. The molecule has 1 fully saturated rings. The van der Waals surface area contributed by atoms with Crippen molar-refractivity contribution in [1.29, 1.82) is 0 Å². The summed E-state index contributed by atoms with van der Waals surface area (Å²) in [6, 6.07) is 3.49. The van der Waals surface area contributed by atoms with E-state index in [1.54, 1.807) is 33.5 Å². The second-order valence-electron chi connectivity index (χ2n) is 4.51. The van der Waals surface area contributed by atoms with Gasteiger partial charge in [-0.05, 0) is 6.42 Å². The Balaban J connectivity index is 2.40. The molecule has 1 N–H and O–H groups in total. The summed E-state index contributed by atoms with van der Waals surface area (Å²) in [6.45, 7) is 1.24. The van der Waals surface area contributed by atoms with Crippen molar-refractivity contribution in [3.63, 3.8) is 0 Å². The van der Waals surface area contributed by atoms with Crippen molar-refractivity contribution >= 4 is 0 Å². The fourth-order valence-electron chi connectivity index (χ4n) is 2.36. The molecule has 1 aromatic rings. The van der Waals surface area contributed by atoms with E-state index in [1.807, 2.05) is 0 Å². The number of aliphatic hydroxyl groups is 1. The van der Waals surface area contributed by atoms with Crippen molar-refractivity contribution in [3.05, 3.63) is 17.7 Å². The first-order chi connectivity index (χ1) is 9.21. The summed E-state index contributed by atoms with van der Waals surface area (Å²) in [7, 11) is 4.71. The Morgan fingerprint density at radius 2 is 1.79 bits per heavy atom. The van der Waals surface area contributed by atoms with Crippen LogP contribution in [0.4, 0.5) is 0 Å². The standard InChI is InChI=1S/C14H20O5/c1-16-10-6-11(17-2)13(12(7-10)18-3)14(15)9-4-5-19-8-9/h6-7,9,14-15H,4-5,8H2,1-3H3. The van der Waals surface area contributed by atoms with Gasteiger partial charge < -0.3 is 24.1 Å². The number of hydrogen-bond donors (Lipinski definition) is 1. The van der Waals surface area contributed by atoms with Crippen molar-refractivity contribution in [1.82, 2.24) is 0 Å². The molecule has 0 aromatic heterocycles. The number of rotatable bonds is 5. The average molecular weight is 268 g/mol. The van der Waals surface area contributed by atoms with Crippen LogP contribution in [0.3, 0.4) is 0 Å². The summed E-state index contributed by atoms with van der Waals surface area (Å²) in [5.41, 5.74) is 0.654. The van der Waals surface area contributed by atoms with E-state index in [2.05, 4.69) is 0 Å². The topological polar surface area (TPSA) is 57.2 Å². The fourth-order valence-corrected chi connectivity index (χ4v) is 2.36. The predicted molar refractivity (Wildman–Crippen MR) is 70.0 cm³/mol. The largest absolute Gasteiger partial charge is 0.496 e. The van der Waals surface area contributed by atoms with Crippen molar-refractivity contribution in [3.8, 4) is 17.2 Å². The van der Waals surface area contributed by atoms with Crippen LogP contribution >= 0.6 is 0 Å². The minimum atomic E-state index is -0.668. The van der Waals surface area contributed by atoms with E-state index in [0.717, 1.165) is 6.42 Å². The summed E-state index contributed by atoms with van der Waals surface area (Å²) < 4.78 is 21.2. The molecule has 5 nitrogen and oxygen atoms in total. The first kappa shape index (κ1) is 14.0. The van der Waals surface area contributed by atoms with Crippen LogP contribution in [0.25, 0.3) is 0 Å². The van der Waals surface area contributed by atoms with Crippen LogP contribution < -0.4 is 14.2 Å². The molecular weight excluding hydrogens is 248 g/mol. The molecule has 5 heteroatoms. The zero-order chi connectivity index (χ0) is 13.8. The van der Waals surface area contributed by atoms with Gasteiger partial charge in [-0.3, -0.25) is 0 Å². The lowest BCUT2D eigenvalue weighted by atomic mass is 9.93. The minimum Gasteiger partial charge on any atom is -0.496 e. The molecule has 0 spiro atoms. The SMILES string of the molecule is COc1cc(OC)c(C(O)C2CCOC2)c(OC)c1. The van der Waals surface area contributed by atoms with Gasteiger partial charge >= 0.3 is 0 Å². The highest BCUT2D eigenvalue weighted by Crippen LogP contribution is 2.42. The van der Waals surface area contributed by atoms with Gasteiger partial charge in [-0.2, -0.15) is 0 Å². The van der Waals surface area contributed by atoms with Gasteiger partial charge in [0.05, 0.1) is 39.6 Å². The van der Waals surface area contributed by atoms with Crippen LogP contribution in [0.2, 0.25) is 0 Å². The number of methoxy groups -OCH3 is 3. The Kier molecular flexibility index (Phi) is 4.50. The zero-order valence-corrected chi connectivity index (χ0v) is 11.5. The van der Waals surface area contributed by atoms with Crippen LogP contribution in [0, 0.1) is 5.92 Å². The number of hydrogen-bond acceptors (Lipinski definition) is 5. The maximum Gasteiger partial charge on any atom is 0.132 e. The molecule has 1 heterocycles. The Hall–Kier alpha value is -1.46. The molecule has 19 heavy (non-hydrogen) atoms. The van der Waals surface area contributed by atoms with Gasteiger partial charge in [0.15, 0.2) is 0 Å². The summed E-state index contributed by atoms with van der Waals surface area (Å²) in [5, 5.41) is 10.5. The molecule has 2 unspecified atom stereocenters. The average Bonchev–Trinajstić information content (AvgIpc) is 2.99. The Bertz CT molecular complexity index is 401. The number of ether oxygens (including phenoxy) is 4. The summed E-state index contributed by atoms with van der Waals surface area (Å²) in [4.78, 5) is 0.